The molecule has 0 unspecified atom stereocenters. The topological polar surface area (TPSA) is 43.6 Å². The average molecular weight is 258 g/mol. The molecule has 0 spiro atoms. The molecule has 0 aliphatic heterocycles. The first-order valence-corrected chi connectivity index (χ1v) is 6.95. The van der Waals surface area contributed by atoms with Gasteiger partial charge in [-0.15, -0.1) is 0 Å². The molecular weight excluding hydrogens is 240 g/mol. The number of ketones is 1. The Morgan fingerprint density at radius 3 is 3.00 bits per heavy atom. The number of carbonyl (C=O) groups is 1. The highest BCUT2D eigenvalue weighted by Gasteiger charge is 2.19. The number of nitrogens with zero attached hydrogens (tertiary/aromatic N) is 2. The van der Waals surface area contributed by atoms with Gasteiger partial charge in [0.25, 0.3) is 0 Å². The summed E-state index contributed by atoms with van der Waals surface area (Å²) in [5.74, 6) is 0.986. The first-order valence-electron chi connectivity index (χ1n) is 6.95. The van der Waals surface area contributed by atoms with Gasteiger partial charge in [0.1, 0.15) is 5.75 Å². The van der Waals surface area contributed by atoms with E-state index in [1.807, 2.05) is 25.3 Å². The van der Waals surface area contributed by atoms with Crippen LogP contribution >= 0.6 is 0 Å². The number of Topliss-reactive ketones (excluding diaryl/α,β-unsaturated/α-hetero) is 1. The molecule has 3 rings (SSSR count). The van der Waals surface area contributed by atoms with Crippen LogP contribution < -0.4 is 4.74 Å². The molecule has 0 aromatic carbocycles. The molecule has 0 N–H and O–H groups in total. The van der Waals surface area contributed by atoms with E-state index in [0.29, 0.717) is 18.1 Å². The van der Waals surface area contributed by atoms with Gasteiger partial charge in [-0.05, 0) is 37.8 Å². The molecule has 4 heteroatoms. The summed E-state index contributed by atoms with van der Waals surface area (Å²) < 4.78 is 7.56. The van der Waals surface area contributed by atoms with E-state index in [2.05, 4.69) is 5.10 Å². The van der Waals surface area contributed by atoms with Crippen LogP contribution in [0.1, 0.15) is 49.4 Å². The molecule has 100 valence electrons. The lowest BCUT2D eigenvalue weighted by Gasteiger charge is -2.26. The van der Waals surface area contributed by atoms with Crippen molar-refractivity contribution in [1.29, 1.82) is 0 Å². The van der Waals surface area contributed by atoms with E-state index >= 15 is 0 Å². The van der Waals surface area contributed by atoms with Gasteiger partial charge in [0.2, 0.25) is 0 Å². The van der Waals surface area contributed by atoms with Gasteiger partial charge in [0.05, 0.1) is 29.6 Å². The van der Waals surface area contributed by atoms with Crippen molar-refractivity contribution in [3.05, 3.63) is 30.1 Å². The molecule has 4 nitrogen and oxygen atoms in total. The van der Waals surface area contributed by atoms with Gasteiger partial charge >= 0.3 is 0 Å². The number of ether oxygens (including phenoxy) is 1. The average Bonchev–Trinajstić information content (AvgIpc) is 2.77. The van der Waals surface area contributed by atoms with Crippen molar-refractivity contribution < 1.29 is 9.53 Å². The maximum absolute atomic E-state index is 12.0. The normalized spacial score (nSPS) is 15.4. The molecule has 0 saturated heterocycles. The second-order valence-electron chi connectivity index (χ2n) is 5.10. The van der Waals surface area contributed by atoms with E-state index in [-0.39, 0.29) is 5.78 Å². The number of hydrogen-bond donors (Lipinski definition) is 0. The second kappa shape index (κ2) is 5.03. The van der Waals surface area contributed by atoms with Crippen LogP contribution in [0.4, 0.5) is 0 Å². The fourth-order valence-corrected chi connectivity index (χ4v) is 2.29. The Labute approximate surface area is 112 Å². The van der Waals surface area contributed by atoms with Crippen LogP contribution in [0.15, 0.2) is 24.5 Å². The van der Waals surface area contributed by atoms with Gasteiger partial charge in [-0.3, -0.25) is 4.79 Å². The monoisotopic (exact) mass is 258 g/mol. The van der Waals surface area contributed by atoms with Gasteiger partial charge in [-0.1, -0.05) is 6.92 Å². The molecule has 2 heterocycles. The predicted molar refractivity (Wildman–Crippen MR) is 72.7 cm³/mol. The lowest BCUT2D eigenvalue weighted by molar-refractivity contribution is 0.0983. The molecular formula is C15H18N2O2. The van der Waals surface area contributed by atoms with Crippen LogP contribution in [0.25, 0.3) is 5.52 Å². The third-order valence-electron chi connectivity index (χ3n) is 3.62. The third-order valence-corrected chi connectivity index (χ3v) is 3.62. The fourth-order valence-electron chi connectivity index (χ4n) is 2.29. The Morgan fingerprint density at radius 2 is 2.32 bits per heavy atom. The van der Waals surface area contributed by atoms with Gasteiger partial charge in [0.15, 0.2) is 5.78 Å². The zero-order chi connectivity index (χ0) is 13.2. The summed E-state index contributed by atoms with van der Waals surface area (Å²) >= 11 is 0. The third kappa shape index (κ3) is 2.35. The Balaban J connectivity index is 1.86. The Kier molecular flexibility index (Phi) is 3.23. The number of fused-ring (bicyclic) bond motifs is 1. The van der Waals surface area contributed by atoms with Crippen molar-refractivity contribution in [2.45, 2.75) is 45.1 Å². The minimum Gasteiger partial charge on any atom is -0.489 e. The van der Waals surface area contributed by atoms with Crippen molar-refractivity contribution in [3.8, 4) is 5.75 Å². The molecule has 19 heavy (non-hydrogen) atoms. The molecule has 1 saturated carbocycles. The zero-order valence-electron chi connectivity index (χ0n) is 11.1. The summed E-state index contributed by atoms with van der Waals surface area (Å²) in [6.07, 6.45) is 8.82. The van der Waals surface area contributed by atoms with Gasteiger partial charge in [-0.25, -0.2) is 4.52 Å². The lowest BCUT2D eigenvalue weighted by atomic mass is 9.96. The summed E-state index contributed by atoms with van der Waals surface area (Å²) in [7, 11) is 0. The highest BCUT2D eigenvalue weighted by atomic mass is 16.5. The van der Waals surface area contributed by atoms with Crippen molar-refractivity contribution in [2.75, 3.05) is 0 Å². The highest BCUT2D eigenvalue weighted by Crippen LogP contribution is 2.26. The Bertz CT molecular complexity index is 599. The molecule has 2 aromatic heterocycles. The summed E-state index contributed by atoms with van der Waals surface area (Å²) in [6, 6.07) is 3.85. The molecule has 0 radical (unpaired) electrons. The summed E-state index contributed by atoms with van der Waals surface area (Å²) in [5.41, 5.74) is 1.57. The van der Waals surface area contributed by atoms with Crippen LogP contribution in [0.3, 0.4) is 0 Å². The molecule has 0 amide bonds. The quantitative estimate of drug-likeness (QED) is 0.773. The van der Waals surface area contributed by atoms with E-state index in [4.69, 9.17) is 4.74 Å². The maximum atomic E-state index is 12.0. The van der Waals surface area contributed by atoms with E-state index in [9.17, 15) is 4.79 Å². The van der Waals surface area contributed by atoms with Gasteiger partial charge in [-0.2, -0.15) is 5.10 Å². The standard InChI is InChI=1S/C15H18N2O2/c1-2-4-15(18)13-9-16-17-10-12(7-8-14(13)17)19-11-5-3-6-11/h7-11H,2-6H2,1H3. The van der Waals surface area contributed by atoms with Crippen molar-refractivity contribution in [3.63, 3.8) is 0 Å². The second-order valence-corrected chi connectivity index (χ2v) is 5.10. The molecule has 1 aliphatic carbocycles. The van der Waals surface area contributed by atoms with Gasteiger partial charge < -0.3 is 4.74 Å². The van der Waals surface area contributed by atoms with E-state index < -0.39 is 0 Å². The summed E-state index contributed by atoms with van der Waals surface area (Å²) in [5, 5.41) is 4.25. The van der Waals surface area contributed by atoms with E-state index in [0.717, 1.165) is 30.5 Å². The summed E-state index contributed by atoms with van der Waals surface area (Å²) in [4.78, 5) is 12.0. The Morgan fingerprint density at radius 1 is 1.47 bits per heavy atom. The van der Waals surface area contributed by atoms with Crippen molar-refractivity contribution in [2.24, 2.45) is 0 Å². The fraction of sp³-hybridized carbons (Fsp3) is 0.467. The van der Waals surface area contributed by atoms with Crippen molar-refractivity contribution in [1.82, 2.24) is 9.61 Å². The predicted octanol–water partition coefficient (Wildman–Crippen LogP) is 3.25. The van der Waals surface area contributed by atoms with Crippen LogP contribution in [0.5, 0.6) is 5.75 Å². The van der Waals surface area contributed by atoms with Crippen LogP contribution in [-0.4, -0.2) is 21.5 Å². The van der Waals surface area contributed by atoms with Crippen LogP contribution in [-0.2, 0) is 0 Å². The first kappa shape index (κ1) is 12.2. The maximum Gasteiger partial charge on any atom is 0.166 e. The SMILES string of the molecule is CCCC(=O)c1cnn2cc(OC3CCC3)ccc12. The lowest BCUT2D eigenvalue weighted by Crippen LogP contribution is -2.24. The number of aromatic nitrogens is 2. The number of rotatable bonds is 5. The van der Waals surface area contributed by atoms with Gasteiger partial charge in [0, 0.05) is 6.42 Å². The minimum absolute atomic E-state index is 0.158. The van der Waals surface area contributed by atoms with Crippen LogP contribution in [0, 0.1) is 0 Å². The zero-order valence-corrected chi connectivity index (χ0v) is 11.1. The number of pyridine rings is 1. The molecule has 0 atom stereocenters. The number of hydrogen-bond acceptors (Lipinski definition) is 3. The molecule has 2 aromatic rings. The Hall–Kier alpha value is -1.84. The highest BCUT2D eigenvalue weighted by molar-refractivity contribution is 6.02. The molecule has 1 aliphatic rings. The molecule has 0 bridgehead atoms. The van der Waals surface area contributed by atoms with Crippen molar-refractivity contribution >= 4 is 11.3 Å². The van der Waals surface area contributed by atoms with E-state index in [1.165, 1.54) is 6.42 Å². The largest absolute Gasteiger partial charge is 0.489 e. The smallest absolute Gasteiger partial charge is 0.166 e. The minimum atomic E-state index is 0.158. The van der Waals surface area contributed by atoms with Crippen LogP contribution in [0.2, 0.25) is 0 Å². The summed E-state index contributed by atoms with van der Waals surface area (Å²) in [6.45, 7) is 2.01. The molecule has 1 fully saturated rings. The first-order chi connectivity index (χ1) is 9.28. The number of carbonyl (C=O) groups excluding carboxylic acids is 1. The van der Waals surface area contributed by atoms with E-state index in [1.54, 1.807) is 10.7 Å².